The van der Waals surface area contributed by atoms with Crippen molar-refractivity contribution in [2.24, 2.45) is 10.9 Å². The number of carbonyl (C=O) groups excluding carboxylic acids is 1. The molecule has 0 aromatic carbocycles. The molecule has 0 atom stereocenters. The van der Waals surface area contributed by atoms with Crippen LogP contribution in [0.2, 0.25) is 0 Å². The predicted octanol–water partition coefficient (Wildman–Crippen LogP) is -0.323. The first kappa shape index (κ1) is 11.1. The highest BCUT2D eigenvalue weighted by Gasteiger charge is 2.18. The van der Waals surface area contributed by atoms with Crippen molar-refractivity contribution in [3.8, 4) is 0 Å². The lowest BCUT2D eigenvalue weighted by Crippen LogP contribution is -2.16. The summed E-state index contributed by atoms with van der Waals surface area (Å²) in [7, 11) is 1.21. The van der Waals surface area contributed by atoms with Gasteiger partial charge in [-0.2, -0.15) is 0 Å². The molecule has 0 fully saturated rings. The Morgan fingerprint density at radius 3 is 2.73 bits per heavy atom. The SMILES string of the molecule is CON=C(C(=O)O)c1csc(C(N)=O)n1. The second-order valence-corrected chi connectivity index (χ2v) is 3.19. The van der Waals surface area contributed by atoms with Crippen LogP contribution in [0.3, 0.4) is 0 Å². The van der Waals surface area contributed by atoms with Crippen molar-refractivity contribution in [1.29, 1.82) is 0 Å². The summed E-state index contributed by atoms with van der Waals surface area (Å²) in [6, 6.07) is 0. The van der Waals surface area contributed by atoms with Crippen LogP contribution in [0.5, 0.6) is 0 Å². The molecule has 0 bridgehead atoms. The number of thiazole rings is 1. The molecule has 1 rings (SSSR count). The van der Waals surface area contributed by atoms with Crippen molar-refractivity contribution in [3.63, 3.8) is 0 Å². The Labute approximate surface area is 88.2 Å². The van der Waals surface area contributed by atoms with E-state index in [-0.39, 0.29) is 16.4 Å². The first-order chi connectivity index (χ1) is 7.06. The van der Waals surface area contributed by atoms with E-state index in [0.29, 0.717) is 0 Å². The van der Waals surface area contributed by atoms with Gasteiger partial charge in [0, 0.05) is 5.38 Å². The highest BCUT2D eigenvalue weighted by molar-refractivity contribution is 7.12. The lowest BCUT2D eigenvalue weighted by atomic mass is 10.3. The fraction of sp³-hybridized carbons (Fsp3) is 0.143. The first-order valence-corrected chi connectivity index (χ1v) is 4.54. The quantitative estimate of drug-likeness (QED) is 0.542. The summed E-state index contributed by atoms with van der Waals surface area (Å²) in [5.41, 5.74) is 4.64. The number of hydrogen-bond acceptors (Lipinski definition) is 6. The van der Waals surface area contributed by atoms with Gasteiger partial charge in [0.2, 0.25) is 5.71 Å². The number of carboxylic acid groups (broad SMARTS) is 1. The molecule has 1 aromatic heterocycles. The summed E-state index contributed by atoms with van der Waals surface area (Å²) < 4.78 is 0. The molecule has 15 heavy (non-hydrogen) atoms. The summed E-state index contributed by atoms with van der Waals surface area (Å²) in [4.78, 5) is 29.5. The molecule has 1 aromatic rings. The zero-order valence-electron chi connectivity index (χ0n) is 7.63. The van der Waals surface area contributed by atoms with Gasteiger partial charge < -0.3 is 15.7 Å². The molecule has 0 unspecified atom stereocenters. The van der Waals surface area contributed by atoms with Gasteiger partial charge in [-0.3, -0.25) is 4.79 Å². The van der Waals surface area contributed by atoms with E-state index in [1.165, 1.54) is 12.5 Å². The zero-order chi connectivity index (χ0) is 11.4. The molecule has 0 saturated carbocycles. The van der Waals surface area contributed by atoms with Crippen LogP contribution in [0.25, 0.3) is 0 Å². The van der Waals surface area contributed by atoms with Crippen LogP contribution in [-0.2, 0) is 9.63 Å². The van der Waals surface area contributed by atoms with Gasteiger partial charge in [0.1, 0.15) is 12.8 Å². The van der Waals surface area contributed by atoms with Gasteiger partial charge in [0.05, 0.1) is 0 Å². The monoisotopic (exact) mass is 229 g/mol. The number of oxime groups is 1. The molecule has 1 heterocycles. The fourth-order valence-corrected chi connectivity index (χ4v) is 1.44. The lowest BCUT2D eigenvalue weighted by Gasteiger charge is -1.94. The number of carboxylic acids is 1. The Morgan fingerprint density at radius 2 is 2.33 bits per heavy atom. The Kier molecular flexibility index (Phi) is 3.34. The Bertz CT molecular complexity index is 426. The number of primary amides is 1. The smallest absolute Gasteiger partial charge is 0.360 e. The second kappa shape index (κ2) is 4.51. The molecule has 7 nitrogen and oxygen atoms in total. The summed E-state index contributed by atoms with van der Waals surface area (Å²) in [5, 5.41) is 13.4. The van der Waals surface area contributed by atoms with Gasteiger partial charge in [0.25, 0.3) is 5.91 Å². The fourth-order valence-electron chi connectivity index (χ4n) is 0.782. The lowest BCUT2D eigenvalue weighted by molar-refractivity contribution is -0.129. The average Bonchev–Trinajstić information content (AvgIpc) is 2.62. The minimum Gasteiger partial charge on any atom is -0.476 e. The predicted molar refractivity (Wildman–Crippen MR) is 51.8 cm³/mol. The van der Waals surface area contributed by atoms with Crippen molar-refractivity contribution in [2.75, 3.05) is 7.11 Å². The molecule has 0 radical (unpaired) electrons. The summed E-state index contributed by atoms with van der Waals surface area (Å²) >= 11 is 0.944. The molecule has 0 aliphatic rings. The van der Waals surface area contributed by atoms with Crippen LogP contribution in [0.15, 0.2) is 10.5 Å². The number of hydrogen-bond donors (Lipinski definition) is 2. The van der Waals surface area contributed by atoms with E-state index in [1.807, 2.05) is 0 Å². The third-order valence-corrected chi connectivity index (χ3v) is 2.20. The van der Waals surface area contributed by atoms with Crippen LogP contribution in [-0.4, -0.2) is 34.8 Å². The standard InChI is InChI=1S/C7H7N3O4S/c1-14-10-4(7(12)13)3-2-15-6(9-3)5(8)11/h2H,1H3,(H2,8,11)(H,12,13). The van der Waals surface area contributed by atoms with Gasteiger partial charge in [-0.25, -0.2) is 9.78 Å². The zero-order valence-corrected chi connectivity index (χ0v) is 8.45. The number of aliphatic carboxylic acids is 1. The van der Waals surface area contributed by atoms with Crippen LogP contribution in [0.4, 0.5) is 0 Å². The van der Waals surface area contributed by atoms with E-state index in [1.54, 1.807) is 0 Å². The summed E-state index contributed by atoms with van der Waals surface area (Å²) in [6.45, 7) is 0. The molecular formula is C7H7N3O4S. The van der Waals surface area contributed by atoms with Crippen molar-refractivity contribution in [2.45, 2.75) is 0 Å². The second-order valence-electron chi connectivity index (χ2n) is 2.33. The highest BCUT2D eigenvalue weighted by Crippen LogP contribution is 2.10. The van der Waals surface area contributed by atoms with E-state index < -0.39 is 11.9 Å². The minimum atomic E-state index is -1.29. The van der Waals surface area contributed by atoms with Crippen LogP contribution in [0, 0.1) is 0 Å². The largest absolute Gasteiger partial charge is 0.476 e. The molecule has 0 saturated heterocycles. The normalized spacial score (nSPS) is 11.1. The van der Waals surface area contributed by atoms with E-state index in [0.717, 1.165) is 11.3 Å². The van der Waals surface area contributed by atoms with Crippen molar-refractivity contribution in [1.82, 2.24) is 4.98 Å². The van der Waals surface area contributed by atoms with E-state index in [9.17, 15) is 9.59 Å². The molecule has 1 amide bonds. The number of aromatic nitrogens is 1. The van der Waals surface area contributed by atoms with E-state index in [4.69, 9.17) is 10.8 Å². The maximum absolute atomic E-state index is 10.7. The Morgan fingerprint density at radius 1 is 1.67 bits per heavy atom. The topological polar surface area (TPSA) is 115 Å². The van der Waals surface area contributed by atoms with Crippen molar-refractivity contribution in [3.05, 3.63) is 16.1 Å². The molecule has 3 N–H and O–H groups in total. The maximum atomic E-state index is 10.7. The van der Waals surface area contributed by atoms with Gasteiger partial charge >= 0.3 is 5.97 Å². The van der Waals surface area contributed by atoms with Gasteiger partial charge in [-0.1, -0.05) is 5.16 Å². The van der Waals surface area contributed by atoms with Crippen molar-refractivity contribution < 1.29 is 19.5 Å². The highest BCUT2D eigenvalue weighted by atomic mass is 32.1. The van der Waals surface area contributed by atoms with E-state index in [2.05, 4.69) is 15.0 Å². The molecule has 8 heteroatoms. The Balaban J connectivity index is 3.08. The third-order valence-electron chi connectivity index (χ3n) is 1.34. The number of carbonyl (C=O) groups is 2. The number of nitrogens with two attached hydrogens (primary N) is 1. The van der Waals surface area contributed by atoms with E-state index >= 15 is 0 Å². The van der Waals surface area contributed by atoms with Crippen molar-refractivity contribution >= 4 is 28.9 Å². The molecule has 0 aliphatic heterocycles. The van der Waals surface area contributed by atoms with Gasteiger partial charge in [-0.05, 0) is 0 Å². The third kappa shape index (κ3) is 2.50. The number of nitrogens with zero attached hydrogens (tertiary/aromatic N) is 2. The molecule has 80 valence electrons. The molecular weight excluding hydrogens is 222 g/mol. The number of rotatable bonds is 4. The maximum Gasteiger partial charge on any atom is 0.360 e. The summed E-state index contributed by atoms with van der Waals surface area (Å²) in [5.74, 6) is -2.01. The Hall–Kier alpha value is -1.96. The molecule has 0 aliphatic carbocycles. The summed E-state index contributed by atoms with van der Waals surface area (Å²) in [6.07, 6.45) is 0. The molecule has 0 spiro atoms. The van der Waals surface area contributed by atoms with Gasteiger partial charge in [-0.15, -0.1) is 11.3 Å². The van der Waals surface area contributed by atoms with Gasteiger partial charge in [0.15, 0.2) is 5.01 Å². The number of amides is 1. The average molecular weight is 229 g/mol. The minimum absolute atomic E-state index is 0.0232. The van der Waals surface area contributed by atoms with Crippen LogP contribution < -0.4 is 5.73 Å². The van der Waals surface area contributed by atoms with Crippen LogP contribution >= 0.6 is 11.3 Å². The first-order valence-electron chi connectivity index (χ1n) is 3.66. The van der Waals surface area contributed by atoms with Crippen LogP contribution in [0.1, 0.15) is 15.5 Å².